The largest absolute Gasteiger partial charge is 0.480 e. The number of hydrogen-bond acceptors (Lipinski definition) is 2. The van der Waals surface area contributed by atoms with Gasteiger partial charge in [0.2, 0.25) is 0 Å². The van der Waals surface area contributed by atoms with Crippen LogP contribution >= 0.6 is 0 Å². The van der Waals surface area contributed by atoms with Crippen molar-refractivity contribution in [1.82, 2.24) is 10.6 Å². The molecular formula is C14H26N2O3. The topological polar surface area (TPSA) is 78.4 Å². The summed E-state index contributed by atoms with van der Waals surface area (Å²) in [6.45, 7) is 5.41. The maximum atomic E-state index is 11.9. The molecule has 5 nitrogen and oxygen atoms in total. The zero-order chi connectivity index (χ0) is 14.5. The van der Waals surface area contributed by atoms with Crippen LogP contribution < -0.4 is 10.6 Å². The Bertz CT molecular complexity index is 315. The lowest BCUT2D eigenvalue weighted by atomic mass is 9.87. The smallest absolute Gasteiger partial charge is 0.326 e. The molecule has 5 heteroatoms. The van der Waals surface area contributed by atoms with E-state index in [4.69, 9.17) is 5.11 Å². The third-order valence-corrected chi connectivity index (χ3v) is 3.58. The Morgan fingerprint density at radius 2 is 1.63 bits per heavy atom. The van der Waals surface area contributed by atoms with Crippen LogP contribution in [0, 0.1) is 5.41 Å². The van der Waals surface area contributed by atoms with Crippen molar-refractivity contribution in [3.8, 4) is 0 Å². The van der Waals surface area contributed by atoms with Crippen LogP contribution in [0.5, 0.6) is 0 Å². The first-order valence-corrected chi connectivity index (χ1v) is 7.10. The average molecular weight is 270 g/mol. The van der Waals surface area contributed by atoms with Gasteiger partial charge in [0.05, 0.1) is 0 Å². The van der Waals surface area contributed by atoms with Gasteiger partial charge in [0.1, 0.15) is 6.04 Å². The highest BCUT2D eigenvalue weighted by Gasteiger charge is 2.32. The summed E-state index contributed by atoms with van der Waals surface area (Å²) in [5.41, 5.74) is -0.507. The lowest BCUT2D eigenvalue weighted by molar-refractivity contribution is -0.141. The molecule has 0 aromatic rings. The van der Waals surface area contributed by atoms with Crippen LogP contribution in [0.4, 0.5) is 4.79 Å². The Labute approximate surface area is 115 Å². The summed E-state index contributed by atoms with van der Waals surface area (Å²) in [6, 6.07) is -1.07. The second-order valence-electron chi connectivity index (χ2n) is 6.44. The van der Waals surface area contributed by atoms with Crippen LogP contribution in [-0.2, 0) is 4.79 Å². The summed E-state index contributed by atoms with van der Waals surface area (Å²) in [4.78, 5) is 23.1. The van der Waals surface area contributed by atoms with E-state index in [1.807, 2.05) is 0 Å². The van der Waals surface area contributed by atoms with Crippen molar-refractivity contribution in [3.05, 3.63) is 0 Å². The first-order chi connectivity index (χ1) is 8.80. The SMILES string of the molecule is CC(C)(C)[C@@H](NC(=O)NC1CCCCCC1)C(=O)O. The number of carbonyl (C=O) groups excluding carboxylic acids is 1. The Kier molecular flexibility index (Phi) is 5.63. The molecule has 1 aliphatic carbocycles. The fraction of sp³-hybridized carbons (Fsp3) is 0.857. The van der Waals surface area contributed by atoms with E-state index in [0.29, 0.717) is 0 Å². The second-order valence-corrected chi connectivity index (χ2v) is 6.44. The van der Waals surface area contributed by atoms with Crippen molar-refractivity contribution in [1.29, 1.82) is 0 Å². The standard InChI is InChI=1S/C14H26N2O3/c1-14(2,3)11(12(17)18)16-13(19)15-10-8-6-4-5-7-9-10/h10-11H,4-9H2,1-3H3,(H,17,18)(H2,15,16,19)/t11-/m0/s1. The van der Waals surface area contributed by atoms with Crippen molar-refractivity contribution in [2.75, 3.05) is 0 Å². The van der Waals surface area contributed by atoms with Gasteiger partial charge in [-0.25, -0.2) is 9.59 Å². The molecular weight excluding hydrogens is 244 g/mol. The molecule has 1 atom stereocenters. The predicted molar refractivity (Wildman–Crippen MR) is 74.0 cm³/mol. The minimum Gasteiger partial charge on any atom is -0.480 e. The maximum Gasteiger partial charge on any atom is 0.326 e. The summed E-state index contributed by atoms with van der Waals surface area (Å²) < 4.78 is 0. The average Bonchev–Trinajstić information content (AvgIpc) is 2.52. The third kappa shape index (κ3) is 5.49. The van der Waals surface area contributed by atoms with Crippen LogP contribution in [0.1, 0.15) is 59.3 Å². The van der Waals surface area contributed by atoms with Crippen LogP contribution in [0.25, 0.3) is 0 Å². The molecule has 0 spiro atoms. The molecule has 110 valence electrons. The van der Waals surface area contributed by atoms with E-state index in [2.05, 4.69) is 10.6 Å². The van der Waals surface area contributed by atoms with Crippen molar-refractivity contribution >= 4 is 12.0 Å². The lowest BCUT2D eigenvalue weighted by Crippen LogP contribution is -2.53. The zero-order valence-electron chi connectivity index (χ0n) is 12.2. The highest BCUT2D eigenvalue weighted by Crippen LogP contribution is 2.20. The molecule has 1 saturated carbocycles. The van der Waals surface area contributed by atoms with E-state index in [1.165, 1.54) is 12.8 Å². The van der Waals surface area contributed by atoms with Crippen molar-refractivity contribution in [3.63, 3.8) is 0 Å². The first kappa shape index (κ1) is 15.8. The molecule has 0 aromatic carbocycles. The molecule has 2 amide bonds. The van der Waals surface area contributed by atoms with E-state index >= 15 is 0 Å². The number of hydrogen-bond donors (Lipinski definition) is 3. The number of nitrogens with one attached hydrogen (secondary N) is 2. The number of amides is 2. The summed E-state index contributed by atoms with van der Waals surface area (Å²) in [5, 5.41) is 14.6. The Morgan fingerprint density at radius 1 is 1.11 bits per heavy atom. The molecule has 19 heavy (non-hydrogen) atoms. The molecule has 0 aromatic heterocycles. The van der Waals surface area contributed by atoms with Crippen LogP contribution in [0.15, 0.2) is 0 Å². The summed E-state index contributed by atoms with van der Waals surface area (Å²) in [7, 11) is 0. The Morgan fingerprint density at radius 3 is 2.05 bits per heavy atom. The molecule has 1 rings (SSSR count). The zero-order valence-corrected chi connectivity index (χ0v) is 12.2. The van der Waals surface area contributed by atoms with Gasteiger partial charge in [0.15, 0.2) is 0 Å². The quantitative estimate of drug-likeness (QED) is 0.689. The number of aliphatic carboxylic acids is 1. The minimum atomic E-state index is -0.997. The van der Waals surface area contributed by atoms with E-state index in [9.17, 15) is 9.59 Å². The van der Waals surface area contributed by atoms with Crippen LogP contribution in [0.2, 0.25) is 0 Å². The van der Waals surface area contributed by atoms with E-state index in [0.717, 1.165) is 25.7 Å². The van der Waals surface area contributed by atoms with E-state index in [-0.39, 0.29) is 12.1 Å². The van der Waals surface area contributed by atoms with Gasteiger partial charge in [0, 0.05) is 6.04 Å². The van der Waals surface area contributed by atoms with Gasteiger partial charge < -0.3 is 15.7 Å². The van der Waals surface area contributed by atoms with Crippen molar-refractivity contribution in [2.24, 2.45) is 5.41 Å². The molecule has 0 aliphatic heterocycles. The lowest BCUT2D eigenvalue weighted by Gasteiger charge is -2.28. The highest BCUT2D eigenvalue weighted by molar-refractivity contribution is 5.83. The molecule has 1 aliphatic rings. The molecule has 0 heterocycles. The number of urea groups is 1. The van der Waals surface area contributed by atoms with Gasteiger partial charge >= 0.3 is 12.0 Å². The number of rotatable bonds is 3. The molecule has 0 radical (unpaired) electrons. The Hall–Kier alpha value is -1.26. The van der Waals surface area contributed by atoms with Crippen LogP contribution in [-0.4, -0.2) is 29.2 Å². The molecule has 3 N–H and O–H groups in total. The monoisotopic (exact) mass is 270 g/mol. The predicted octanol–water partition coefficient (Wildman–Crippen LogP) is 2.51. The van der Waals surface area contributed by atoms with E-state index in [1.54, 1.807) is 20.8 Å². The summed E-state index contributed by atoms with van der Waals surface area (Å²) in [6.07, 6.45) is 6.68. The highest BCUT2D eigenvalue weighted by atomic mass is 16.4. The number of carboxylic acid groups (broad SMARTS) is 1. The van der Waals surface area contributed by atoms with Gasteiger partial charge in [-0.2, -0.15) is 0 Å². The maximum absolute atomic E-state index is 11.9. The summed E-state index contributed by atoms with van der Waals surface area (Å²) in [5.74, 6) is -0.997. The van der Waals surface area contributed by atoms with Gasteiger partial charge in [-0.3, -0.25) is 0 Å². The molecule has 1 fully saturated rings. The number of carbonyl (C=O) groups is 2. The Balaban J connectivity index is 2.50. The van der Waals surface area contributed by atoms with Gasteiger partial charge in [-0.05, 0) is 18.3 Å². The third-order valence-electron chi connectivity index (χ3n) is 3.58. The fourth-order valence-corrected chi connectivity index (χ4v) is 2.43. The fourth-order valence-electron chi connectivity index (χ4n) is 2.43. The van der Waals surface area contributed by atoms with E-state index < -0.39 is 17.4 Å². The molecule has 0 unspecified atom stereocenters. The van der Waals surface area contributed by atoms with Crippen LogP contribution in [0.3, 0.4) is 0 Å². The first-order valence-electron chi connectivity index (χ1n) is 7.10. The summed E-state index contributed by atoms with van der Waals surface area (Å²) >= 11 is 0. The normalized spacial score (nSPS) is 19.3. The molecule has 0 bridgehead atoms. The van der Waals surface area contributed by atoms with Gasteiger partial charge in [-0.1, -0.05) is 46.5 Å². The second kappa shape index (κ2) is 6.78. The number of carboxylic acids is 1. The van der Waals surface area contributed by atoms with Gasteiger partial charge in [-0.15, -0.1) is 0 Å². The van der Waals surface area contributed by atoms with Crippen molar-refractivity contribution < 1.29 is 14.7 Å². The van der Waals surface area contributed by atoms with Gasteiger partial charge in [0.25, 0.3) is 0 Å². The minimum absolute atomic E-state index is 0.178. The molecule has 0 saturated heterocycles. The van der Waals surface area contributed by atoms with Crippen molar-refractivity contribution in [2.45, 2.75) is 71.4 Å².